The van der Waals surface area contributed by atoms with Crippen LogP contribution in [0.25, 0.3) is 0 Å². The Morgan fingerprint density at radius 2 is 2.10 bits per heavy atom. The van der Waals surface area contributed by atoms with Crippen LogP contribution in [0.2, 0.25) is 0 Å². The van der Waals surface area contributed by atoms with E-state index in [1.54, 1.807) is 0 Å². The molecular formula is C4H8N4O2. The Balaban J connectivity index is 4.11. The first kappa shape index (κ1) is 8.41. The van der Waals surface area contributed by atoms with Crippen molar-refractivity contribution in [3.05, 3.63) is 0 Å². The summed E-state index contributed by atoms with van der Waals surface area (Å²) in [6, 6.07) is -1.18. The number of hydrogen-bond acceptors (Lipinski definition) is 3. The summed E-state index contributed by atoms with van der Waals surface area (Å²) < 4.78 is 0. The molecule has 0 aliphatic carbocycles. The Labute approximate surface area is 57.1 Å². The Morgan fingerprint density at radius 1 is 1.60 bits per heavy atom. The third-order valence-corrected chi connectivity index (χ3v) is 0.830. The summed E-state index contributed by atoms with van der Waals surface area (Å²) in [6.07, 6.45) is 0.261. The molecule has 0 rings (SSSR count). The largest absolute Gasteiger partial charge is 0.385 e. The lowest BCUT2D eigenvalue weighted by atomic mass is 10.3. The maximum Gasteiger partial charge on any atom is 0.247 e. The van der Waals surface area contributed by atoms with Crippen LogP contribution in [0.15, 0.2) is 0 Å². The quantitative estimate of drug-likeness (QED) is 0.198. The predicted octanol–water partition coefficient (Wildman–Crippen LogP) is -2.48. The molecule has 6 N–H and O–H groups in total. The van der Waals surface area contributed by atoms with E-state index in [9.17, 15) is 9.59 Å². The number of amides is 2. The Morgan fingerprint density at radius 3 is 2.20 bits per heavy atom. The van der Waals surface area contributed by atoms with E-state index >= 15 is 0 Å². The zero-order valence-electron chi connectivity index (χ0n) is 5.13. The SMILES string of the molecule is N=C(N)C(NC=O)C(N)=O. The number of carbonyl (C=O) groups excluding carboxylic acids is 2. The van der Waals surface area contributed by atoms with Gasteiger partial charge in [-0.05, 0) is 0 Å². The highest BCUT2D eigenvalue weighted by molar-refractivity contribution is 6.05. The van der Waals surface area contributed by atoms with Gasteiger partial charge in [0.2, 0.25) is 12.3 Å². The van der Waals surface area contributed by atoms with Crippen molar-refractivity contribution in [3.8, 4) is 0 Å². The van der Waals surface area contributed by atoms with Crippen molar-refractivity contribution in [1.29, 1.82) is 5.41 Å². The van der Waals surface area contributed by atoms with Gasteiger partial charge in [0.15, 0.2) is 6.04 Å². The average Bonchev–Trinajstić information content (AvgIpc) is 1.81. The van der Waals surface area contributed by atoms with Gasteiger partial charge in [-0.2, -0.15) is 0 Å². The molecule has 0 saturated heterocycles. The molecule has 0 aromatic heterocycles. The Bertz CT molecular complexity index is 153. The summed E-state index contributed by atoms with van der Waals surface area (Å²) in [4.78, 5) is 20.1. The van der Waals surface area contributed by atoms with Gasteiger partial charge in [0.05, 0.1) is 0 Å². The van der Waals surface area contributed by atoms with Crippen molar-refractivity contribution in [1.82, 2.24) is 5.32 Å². The normalized spacial score (nSPS) is 11.6. The zero-order valence-corrected chi connectivity index (χ0v) is 5.13. The predicted molar refractivity (Wildman–Crippen MR) is 34.1 cm³/mol. The van der Waals surface area contributed by atoms with E-state index in [-0.39, 0.29) is 6.41 Å². The molecule has 0 heterocycles. The summed E-state index contributed by atoms with van der Waals surface area (Å²) in [6.45, 7) is 0. The van der Waals surface area contributed by atoms with Gasteiger partial charge in [-0.1, -0.05) is 0 Å². The summed E-state index contributed by atoms with van der Waals surface area (Å²) in [5.41, 5.74) is 9.63. The second kappa shape index (κ2) is 3.44. The van der Waals surface area contributed by atoms with Gasteiger partial charge in [-0.25, -0.2) is 0 Å². The maximum atomic E-state index is 10.3. The molecule has 1 atom stereocenters. The molecule has 0 radical (unpaired) electrons. The lowest BCUT2D eigenvalue weighted by molar-refractivity contribution is -0.121. The van der Waals surface area contributed by atoms with Crippen molar-refractivity contribution >= 4 is 18.2 Å². The second-order valence-electron chi connectivity index (χ2n) is 1.58. The van der Waals surface area contributed by atoms with Crippen LogP contribution < -0.4 is 16.8 Å². The molecule has 56 valence electrons. The fourth-order valence-corrected chi connectivity index (χ4v) is 0.393. The van der Waals surface area contributed by atoms with Crippen molar-refractivity contribution in [3.63, 3.8) is 0 Å². The van der Waals surface area contributed by atoms with Crippen LogP contribution in [0.4, 0.5) is 0 Å². The van der Waals surface area contributed by atoms with E-state index in [1.807, 2.05) is 5.32 Å². The van der Waals surface area contributed by atoms with Crippen LogP contribution in [0.3, 0.4) is 0 Å². The Kier molecular flexibility index (Phi) is 2.89. The first-order chi connectivity index (χ1) is 4.59. The number of hydrogen-bond donors (Lipinski definition) is 4. The maximum absolute atomic E-state index is 10.3. The van der Waals surface area contributed by atoms with Gasteiger partial charge in [-0.3, -0.25) is 15.0 Å². The van der Waals surface area contributed by atoms with Crippen LogP contribution in [0.5, 0.6) is 0 Å². The molecule has 2 amide bonds. The smallest absolute Gasteiger partial charge is 0.247 e. The number of carbonyl (C=O) groups is 2. The lowest BCUT2D eigenvalue weighted by Gasteiger charge is -2.08. The van der Waals surface area contributed by atoms with E-state index in [0.29, 0.717) is 0 Å². The van der Waals surface area contributed by atoms with Gasteiger partial charge >= 0.3 is 0 Å². The lowest BCUT2D eigenvalue weighted by Crippen LogP contribution is -2.49. The van der Waals surface area contributed by atoms with Crippen LogP contribution in [-0.4, -0.2) is 24.2 Å². The highest BCUT2D eigenvalue weighted by atomic mass is 16.2. The number of nitrogens with two attached hydrogens (primary N) is 2. The Hall–Kier alpha value is -1.59. The van der Waals surface area contributed by atoms with E-state index in [1.165, 1.54) is 0 Å². The first-order valence-electron chi connectivity index (χ1n) is 2.42. The zero-order chi connectivity index (χ0) is 8.15. The van der Waals surface area contributed by atoms with E-state index in [2.05, 4.69) is 0 Å². The summed E-state index contributed by atoms with van der Waals surface area (Å²) in [5, 5.41) is 8.72. The molecule has 6 heteroatoms. The molecule has 0 aromatic carbocycles. The number of rotatable bonds is 4. The summed E-state index contributed by atoms with van der Waals surface area (Å²) in [5.74, 6) is -1.32. The molecule has 0 fully saturated rings. The molecule has 6 nitrogen and oxygen atoms in total. The molecule has 0 aliphatic rings. The van der Waals surface area contributed by atoms with Crippen molar-refractivity contribution in [2.24, 2.45) is 11.5 Å². The molecule has 0 spiro atoms. The fourth-order valence-electron chi connectivity index (χ4n) is 0.393. The van der Waals surface area contributed by atoms with Gasteiger partial charge in [-0.15, -0.1) is 0 Å². The molecule has 0 saturated carbocycles. The monoisotopic (exact) mass is 144 g/mol. The number of nitrogens with one attached hydrogen (secondary N) is 2. The third-order valence-electron chi connectivity index (χ3n) is 0.830. The van der Waals surface area contributed by atoms with Crippen LogP contribution in [0.1, 0.15) is 0 Å². The molecule has 0 aliphatic heterocycles. The van der Waals surface area contributed by atoms with Gasteiger partial charge in [0.1, 0.15) is 5.84 Å². The topological polar surface area (TPSA) is 122 Å². The minimum Gasteiger partial charge on any atom is -0.385 e. The van der Waals surface area contributed by atoms with Gasteiger partial charge in [0.25, 0.3) is 0 Å². The van der Waals surface area contributed by atoms with Crippen molar-refractivity contribution in [2.45, 2.75) is 6.04 Å². The van der Waals surface area contributed by atoms with Crippen molar-refractivity contribution < 1.29 is 9.59 Å². The van der Waals surface area contributed by atoms with Gasteiger partial charge in [0, 0.05) is 0 Å². The highest BCUT2D eigenvalue weighted by Crippen LogP contribution is 1.76. The molecule has 0 aromatic rings. The van der Waals surface area contributed by atoms with Gasteiger partial charge < -0.3 is 16.8 Å². The van der Waals surface area contributed by atoms with E-state index < -0.39 is 17.8 Å². The third kappa shape index (κ3) is 2.12. The molecule has 10 heavy (non-hydrogen) atoms. The molecular weight excluding hydrogens is 136 g/mol. The second-order valence-corrected chi connectivity index (χ2v) is 1.58. The van der Waals surface area contributed by atoms with E-state index in [0.717, 1.165) is 0 Å². The van der Waals surface area contributed by atoms with Crippen LogP contribution >= 0.6 is 0 Å². The highest BCUT2D eigenvalue weighted by Gasteiger charge is 2.16. The standard InChI is InChI=1S/C4H8N4O2/c5-3(6)2(4(7)10)8-1-9/h1-2H,(H3,5,6)(H2,7,10)(H,8,9). The van der Waals surface area contributed by atoms with Crippen LogP contribution in [0, 0.1) is 5.41 Å². The summed E-state index contributed by atoms with van der Waals surface area (Å²) in [7, 11) is 0. The molecule has 1 unspecified atom stereocenters. The van der Waals surface area contributed by atoms with Crippen molar-refractivity contribution in [2.75, 3.05) is 0 Å². The number of amidine groups is 1. The van der Waals surface area contributed by atoms with Crippen LogP contribution in [-0.2, 0) is 9.59 Å². The fraction of sp³-hybridized carbons (Fsp3) is 0.250. The minimum atomic E-state index is -1.18. The summed E-state index contributed by atoms with van der Waals surface area (Å²) >= 11 is 0. The minimum absolute atomic E-state index is 0.261. The molecule has 0 bridgehead atoms. The first-order valence-corrected chi connectivity index (χ1v) is 2.42. The number of primary amides is 1. The van der Waals surface area contributed by atoms with E-state index in [4.69, 9.17) is 16.9 Å². The average molecular weight is 144 g/mol.